The summed E-state index contributed by atoms with van der Waals surface area (Å²) >= 11 is 4.86. The molecule has 0 nitrogen and oxygen atoms in total. The molecule has 0 heterocycles. The Hall–Kier alpha value is 0.880. The van der Waals surface area contributed by atoms with Gasteiger partial charge in [0, 0.05) is 3.58 Å². The van der Waals surface area contributed by atoms with Crippen molar-refractivity contribution in [1.29, 1.82) is 0 Å². The first kappa shape index (κ1) is 10.9. The highest BCUT2D eigenvalue weighted by molar-refractivity contribution is 14.1. The van der Waals surface area contributed by atoms with Crippen LogP contribution in [0.1, 0.15) is 26.2 Å². The molecule has 0 spiro atoms. The summed E-state index contributed by atoms with van der Waals surface area (Å²) in [5, 5.41) is -0.968. The zero-order chi connectivity index (χ0) is 7.98. The zero-order valence-electron chi connectivity index (χ0n) is 5.91. The third-order valence-electron chi connectivity index (χ3n) is 1.11. The largest absolute Gasteiger partial charge is 0.229 e. The van der Waals surface area contributed by atoms with Crippen molar-refractivity contribution in [3.63, 3.8) is 0 Å². The first-order valence-electron chi connectivity index (χ1n) is 3.32. The molecule has 0 saturated carbocycles. The molecule has 0 amide bonds. The number of hydrogen-bond acceptors (Lipinski definition) is 0. The van der Waals surface area contributed by atoms with Gasteiger partial charge in [-0.15, -0.1) is 0 Å². The van der Waals surface area contributed by atoms with Crippen LogP contribution in [-0.4, -0.2) is 5.08 Å². The Morgan fingerprint density at radius 3 is 2.80 bits per heavy atom. The van der Waals surface area contributed by atoms with E-state index in [2.05, 4.69) is 22.9 Å². The topological polar surface area (TPSA) is 0 Å². The minimum absolute atomic E-state index is 0.756. The van der Waals surface area contributed by atoms with Crippen molar-refractivity contribution in [3.05, 3.63) is 9.66 Å². The van der Waals surface area contributed by atoms with E-state index in [1.807, 2.05) is 28.7 Å². The van der Waals surface area contributed by atoms with Gasteiger partial charge in [-0.3, -0.25) is 0 Å². The van der Waals surface area contributed by atoms with Crippen molar-refractivity contribution in [2.24, 2.45) is 0 Å². The van der Waals surface area contributed by atoms with E-state index in [1.165, 1.54) is 6.42 Å². The maximum Gasteiger partial charge on any atom is 0.185 e. The number of unbranched alkanes of at least 4 members (excludes halogenated alkanes) is 2. The van der Waals surface area contributed by atoms with Crippen LogP contribution in [0.15, 0.2) is 9.66 Å². The molecule has 0 rings (SSSR count). The molecule has 0 aliphatic heterocycles. The van der Waals surface area contributed by atoms with E-state index in [9.17, 15) is 4.39 Å². The molecule has 0 aromatic rings. The van der Waals surface area contributed by atoms with Crippen molar-refractivity contribution >= 4 is 38.5 Å². The van der Waals surface area contributed by atoms with Crippen LogP contribution in [0.25, 0.3) is 0 Å². The molecule has 3 heteroatoms. The molecule has 0 bridgehead atoms. The lowest BCUT2D eigenvalue weighted by Gasteiger charge is -1.96. The first-order chi connectivity index (χ1) is 4.68. The van der Waals surface area contributed by atoms with E-state index < -0.39 is 5.08 Å². The van der Waals surface area contributed by atoms with Crippen LogP contribution >= 0.6 is 38.5 Å². The van der Waals surface area contributed by atoms with Gasteiger partial charge in [-0.05, 0) is 44.9 Å². The maximum absolute atomic E-state index is 12.4. The van der Waals surface area contributed by atoms with Gasteiger partial charge in [-0.25, -0.2) is 4.39 Å². The predicted octanol–water partition coefficient (Wildman–Crippen LogP) is 4.19. The fourth-order valence-electron chi connectivity index (χ4n) is 0.533. The molecular formula is C7H11BrFI. The lowest BCUT2D eigenvalue weighted by atomic mass is 10.2. The van der Waals surface area contributed by atoms with Crippen LogP contribution in [0.2, 0.25) is 0 Å². The monoisotopic (exact) mass is 320 g/mol. The van der Waals surface area contributed by atoms with Gasteiger partial charge in [-0.1, -0.05) is 25.8 Å². The van der Waals surface area contributed by atoms with E-state index in [-0.39, 0.29) is 0 Å². The fourth-order valence-corrected chi connectivity index (χ4v) is 1.03. The third-order valence-corrected chi connectivity index (χ3v) is 3.44. The summed E-state index contributed by atoms with van der Waals surface area (Å²) in [4.78, 5) is 0. The zero-order valence-corrected chi connectivity index (χ0v) is 9.65. The van der Waals surface area contributed by atoms with Gasteiger partial charge in [0.1, 0.15) is 0 Å². The highest BCUT2D eigenvalue weighted by atomic mass is 127. The van der Waals surface area contributed by atoms with Crippen molar-refractivity contribution in [2.75, 3.05) is 0 Å². The standard InChI is InChI=1S/C7H11BrFI/c1-2-3-4-5-6(10)7(8)9/h5,7H,2-4H2,1H3. The van der Waals surface area contributed by atoms with Crippen molar-refractivity contribution in [2.45, 2.75) is 31.3 Å². The molecule has 0 aromatic carbocycles. The van der Waals surface area contributed by atoms with Gasteiger partial charge in [0.05, 0.1) is 0 Å². The molecular weight excluding hydrogens is 310 g/mol. The molecule has 0 N–H and O–H groups in total. The minimum Gasteiger partial charge on any atom is -0.229 e. The van der Waals surface area contributed by atoms with Crippen LogP contribution in [0.4, 0.5) is 4.39 Å². The second-order valence-corrected chi connectivity index (χ2v) is 4.08. The molecule has 0 aromatic heterocycles. The van der Waals surface area contributed by atoms with Crippen molar-refractivity contribution < 1.29 is 4.39 Å². The normalized spacial score (nSPS) is 15.4. The van der Waals surface area contributed by atoms with Crippen LogP contribution in [0, 0.1) is 0 Å². The van der Waals surface area contributed by atoms with Crippen molar-refractivity contribution in [1.82, 2.24) is 0 Å². The average Bonchev–Trinajstić information content (AvgIpc) is 1.88. The van der Waals surface area contributed by atoms with E-state index >= 15 is 0 Å². The van der Waals surface area contributed by atoms with Gasteiger partial charge >= 0.3 is 0 Å². The lowest BCUT2D eigenvalue weighted by Crippen LogP contribution is -1.84. The first-order valence-corrected chi connectivity index (χ1v) is 5.31. The van der Waals surface area contributed by atoms with E-state index in [0.29, 0.717) is 0 Å². The minimum atomic E-state index is -0.968. The Kier molecular flexibility index (Phi) is 7.16. The van der Waals surface area contributed by atoms with Gasteiger partial charge in [-0.2, -0.15) is 0 Å². The molecule has 0 aliphatic carbocycles. The van der Waals surface area contributed by atoms with Gasteiger partial charge in [0.2, 0.25) is 0 Å². The second kappa shape index (κ2) is 6.58. The third kappa shape index (κ3) is 5.65. The summed E-state index contributed by atoms with van der Waals surface area (Å²) < 4.78 is 13.1. The highest BCUT2D eigenvalue weighted by Gasteiger charge is 2.01. The van der Waals surface area contributed by atoms with Crippen LogP contribution < -0.4 is 0 Å². The second-order valence-electron chi connectivity index (χ2n) is 2.03. The molecule has 0 radical (unpaired) electrons. The number of halogens is 3. The number of alkyl halides is 2. The predicted molar refractivity (Wildman–Crippen MR) is 55.5 cm³/mol. The van der Waals surface area contributed by atoms with E-state index in [1.54, 1.807) is 0 Å². The Bertz CT molecular complexity index is 112. The number of allylic oxidation sites excluding steroid dienone is 2. The van der Waals surface area contributed by atoms with Crippen LogP contribution in [0.5, 0.6) is 0 Å². The number of rotatable bonds is 4. The molecule has 60 valence electrons. The summed E-state index contributed by atoms with van der Waals surface area (Å²) in [6, 6.07) is 0. The van der Waals surface area contributed by atoms with Gasteiger partial charge < -0.3 is 0 Å². The molecule has 1 atom stereocenters. The molecule has 0 saturated heterocycles. The summed E-state index contributed by atoms with van der Waals surface area (Å²) in [5.74, 6) is 0. The van der Waals surface area contributed by atoms with Crippen LogP contribution in [0.3, 0.4) is 0 Å². The summed E-state index contributed by atoms with van der Waals surface area (Å²) in [6.45, 7) is 2.13. The summed E-state index contributed by atoms with van der Waals surface area (Å²) in [5.41, 5.74) is 0. The maximum atomic E-state index is 12.4. The van der Waals surface area contributed by atoms with Gasteiger partial charge in [0.15, 0.2) is 5.08 Å². The Morgan fingerprint density at radius 2 is 2.40 bits per heavy atom. The van der Waals surface area contributed by atoms with Crippen molar-refractivity contribution in [3.8, 4) is 0 Å². The van der Waals surface area contributed by atoms with E-state index in [4.69, 9.17) is 0 Å². The highest BCUT2D eigenvalue weighted by Crippen LogP contribution is 2.21. The summed E-state index contributed by atoms with van der Waals surface area (Å²) in [6.07, 6.45) is 5.23. The summed E-state index contributed by atoms with van der Waals surface area (Å²) in [7, 11) is 0. The van der Waals surface area contributed by atoms with E-state index in [0.717, 1.165) is 16.4 Å². The quantitative estimate of drug-likeness (QED) is 0.414. The SMILES string of the molecule is CCCCC=C(I)C(F)Br. The molecule has 0 aliphatic rings. The van der Waals surface area contributed by atoms with Gasteiger partial charge in [0.25, 0.3) is 0 Å². The average molecular weight is 321 g/mol. The fraction of sp³-hybridized carbons (Fsp3) is 0.714. The number of hydrogen-bond donors (Lipinski definition) is 0. The Balaban J connectivity index is 3.48. The molecule has 1 unspecified atom stereocenters. The molecule has 0 fully saturated rings. The molecule has 10 heavy (non-hydrogen) atoms. The Labute approximate surface area is 83.5 Å². The smallest absolute Gasteiger partial charge is 0.185 e. The van der Waals surface area contributed by atoms with Crippen LogP contribution in [-0.2, 0) is 0 Å². The lowest BCUT2D eigenvalue weighted by molar-refractivity contribution is 0.525. The Morgan fingerprint density at radius 1 is 1.80 bits per heavy atom.